The third-order valence-electron chi connectivity index (χ3n) is 2.74. The lowest BCUT2D eigenvalue weighted by Gasteiger charge is -2.29. The van der Waals surface area contributed by atoms with Crippen LogP contribution in [-0.2, 0) is 0 Å². The maximum absolute atomic E-state index is 9.86. The molecule has 1 N–H and O–H groups in total. The highest BCUT2D eigenvalue weighted by Gasteiger charge is 2.17. The Labute approximate surface area is 111 Å². The minimum absolute atomic E-state index is 0.476. The van der Waals surface area contributed by atoms with Gasteiger partial charge in [0.1, 0.15) is 5.82 Å². The fourth-order valence-electron chi connectivity index (χ4n) is 2.13. The zero-order chi connectivity index (χ0) is 13.7. The molecular weight excluding hydrogens is 224 g/mol. The normalized spacial score (nSPS) is 13.1. The molecule has 0 saturated heterocycles. The number of hydrogen-bond acceptors (Lipinski definition) is 3. The molecule has 1 heterocycles. The van der Waals surface area contributed by atoms with E-state index in [0.717, 1.165) is 24.5 Å². The van der Waals surface area contributed by atoms with Crippen LogP contribution < -0.4 is 4.90 Å². The Balaban J connectivity index is 3.03. The molecule has 0 spiro atoms. The van der Waals surface area contributed by atoms with Crippen molar-refractivity contribution in [3.8, 4) is 0 Å². The zero-order valence-electron chi connectivity index (χ0n) is 12.2. The van der Waals surface area contributed by atoms with Crippen LogP contribution >= 0.6 is 0 Å². The number of aliphatic hydroxyl groups is 1. The maximum Gasteiger partial charge on any atom is 0.134 e. The van der Waals surface area contributed by atoms with Crippen molar-refractivity contribution in [1.82, 2.24) is 4.98 Å². The van der Waals surface area contributed by atoms with Crippen LogP contribution in [0.3, 0.4) is 0 Å². The third kappa shape index (κ3) is 4.30. The standard InChI is InChI=1S/C15H26N2O/c1-11(2)9-17(10-12(3)4)15-14(13(5)18)7-6-8-16-15/h6-8,11-13,18H,9-10H2,1-5H3/t13-/m0/s1. The van der Waals surface area contributed by atoms with Gasteiger partial charge in [0.2, 0.25) is 0 Å². The molecule has 0 unspecified atom stereocenters. The average Bonchev–Trinajstić information content (AvgIpc) is 2.26. The summed E-state index contributed by atoms with van der Waals surface area (Å²) in [5.41, 5.74) is 0.916. The molecule has 0 aliphatic rings. The first kappa shape index (κ1) is 15.0. The predicted octanol–water partition coefficient (Wildman–Crippen LogP) is 3.25. The number of aliphatic hydroxyl groups excluding tert-OH is 1. The predicted molar refractivity (Wildman–Crippen MR) is 76.8 cm³/mol. The lowest BCUT2D eigenvalue weighted by Crippen LogP contribution is -2.33. The second kappa shape index (κ2) is 6.74. The van der Waals surface area contributed by atoms with Crippen molar-refractivity contribution in [3.05, 3.63) is 23.9 Å². The van der Waals surface area contributed by atoms with Gasteiger partial charge in [0.15, 0.2) is 0 Å². The lowest BCUT2D eigenvalue weighted by atomic mass is 10.1. The fourth-order valence-corrected chi connectivity index (χ4v) is 2.13. The molecule has 0 saturated carbocycles. The van der Waals surface area contributed by atoms with Gasteiger partial charge in [-0.25, -0.2) is 4.98 Å². The Hall–Kier alpha value is -1.09. The number of nitrogens with zero attached hydrogens (tertiary/aromatic N) is 2. The molecule has 1 aromatic rings. The van der Waals surface area contributed by atoms with E-state index in [-0.39, 0.29) is 0 Å². The lowest BCUT2D eigenvalue weighted by molar-refractivity contribution is 0.199. The van der Waals surface area contributed by atoms with Gasteiger partial charge >= 0.3 is 0 Å². The number of hydrogen-bond donors (Lipinski definition) is 1. The van der Waals surface area contributed by atoms with E-state index in [1.165, 1.54) is 0 Å². The summed E-state index contributed by atoms with van der Waals surface area (Å²) in [6.45, 7) is 12.6. The highest BCUT2D eigenvalue weighted by Crippen LogP contribution is 2.25. The summed E-state index contributed by atoms with van der Waals surface area (Å²) in [7, 11) is 0. The van der Waals surface area contributed by atoms with Gasteiger partial charge in [-0.1, -0.05) is 33.8 Å². The van der Waals surface area contributed by atoms with Crippen LogP contribution in [0.4, 0.5) is 5.82 Å². The molecule has 3 nitrogen and oxygen atoms in total. The molecule has 1 atom stereocenters. The van der Waals surface area contributed by atoms with Gasteiger partial charge < -0.3 is 10.0 Å². The minimum Gasteiger partial charge on any atom is -0.389 e. The molecule has 102 valence electrons. The van der Waals surface area contributed by atoms with Gasteiger partial charge in [-0.15, -0.1) is 0 Å². The van der Waals surface area contributed by atoms with Gasteiger partial charge in [0, 0.05) is 24.8 Å². The highest BCUT2D eigenvalue weighted by atomic mass is 16.3. The minimum atomic E-state index is -0.476. The Morgan fingerprint density at radius 3 is 2.11 bits per heavy atom. The summed E-state index contributed by atoms with van der Waals surface area (Å²) in [6.07, 6.45) is 1.32. The molecular formula is C15H26N2O. The quantitative estimate of drug-likeness (QED) is 0.842. The van der Waals surface area contributed by atoms with Gasteiger partial charge in [0.25, 0.3) is 0 Å². The molecule has 0 aromatic carbocycles. The van der Waals surface area contributed by atoms with Crippen LogP contribution in [0, 0.1) is 11.8 Å². The molecule has 0 radical (unpaired) electrons. The average molecular weight is 250 g/mol. The number of rotatable bonds is 6. The highest BCUT2D eigenvalue weighted by molar-refractivity contribution is 5.47. The van der Waals surface area contributed by atoms with Crippen LogP contribution in [0.15, 0.2) is 18.3 Å². The van der Waals surface area contributed by atoms with E-state index in [0.29, 0.717) is 11.8 Å². The van der Waals surface area contributed by atoms with E-state index in [4.69, 9.17) is 0 Å². The molecule has 0 aliphatic carbocycles. The Bertz CT molecular complexity index is 351. The Kier molecular flexibility index (Phi) is 5.60. The molecule has 0 aliphatic heterocycles. The molecule has 0 fully saturated rings. The van der Waals surface area contributed by atoms with Crippen LogP contribution in [0.25, 0.3) is 0 Å². The molecule has 18 heavy (non-hydrogen) atoms. The first-order valence-electron chi connectivity index (χ1n) is 6.79. The first-order valence-corrected chi connectivity index (χ1v) is 6.79. The Morgan fingerprint density at radius 1 is 1.11 bits per heavy atom. The van der Waals surface area contributed by atoms with E-state index in [2.05, 4.69) is 37.6 Å². The van der Waals surface area contributed by atoms with Crippen LogP contribution in [0.1, 0.15) is 46.3 Å². The third-order valence-corrected chi connectivity index (χ3v) is 2.74. The Morgan fingerprint density at radius 2 is 1.67 bits per heavy atom. The van der Waals surface area contributed by atoms with E-state index in [1.54, 1.807) is 13.1 Å². The summed E-state index contributed by atoms with van der Waals surface area (Å²) in [5, 5.41) is 9.86. The SMILES string of the molecule is CC(C)CN(CC(C)C)c1ncccc1[C@H](C)O. The fraction of sp³-hybridized carbons (Fsp3) is 0.667. The van der Waals surface area contributed by atoms with E-state index >= 15 is 0 Å². The second-order valence-electron chi connectivity index (χ2n) is 5.78. The van der Waals surface area contributed by atoms with E-state index in [9.17, 15) is 5.11 Å². The van der Waals surface area contributed by atoms with Gasteiger partial charge in [-0.3, -0.25) is 0 Å². The largest absolute Gasteiger partial charge is 0.389 e. The second-order valence-corrected chi connectivity index (χ2v) is 5.78. The topological polar surface area (TPSA) is 36.4 Å². The number of aromatic nitrogens is 1. The van der Waals surface area contributed by atoms with Crippen LogP contribution in [-0.4, -0.2) is 23.2 Å². The van der Waals surface area contributed by atoms with Crippen LogP contribution in [0.5, 0.6) is 0 Å². The van der Waals surface area contributed by atoms with Crippen molar-refractivity contribution in [2.75, 3.05) is 18.0 Å². The van der Waals surface area contributed by atoms with E-state index < -0.39 is 6.10 Å². The summed E-state index contributed by atoms with van der Waals surface area (Å²) in [5.74, 6) is 2.08. The van der Waals surface area contributed by atoms with Gasteiger partial charge in [-0.2, -0.15) is 0 Å². The molecule has 3 heteroatoms. The van der Waals surface area contributed by atoms with E-state index in [1.807, 2.05) is 12.1 Å². The van der Waals surface area contributed by atoms with Crippen molar-refractivity contribution in [2.24, 2.45) is 11.8 Å². The zero-order valence-corrected chi connectivity index (χ0v) is 12.2. The maximum atomic E-state index is 9.86. The summed E-state index contributed by atoms with van der Waals surface area (Å²) in [4.78, 5) is 6.76. The molecule has 1 rings (SSSR count). The molecule has 0 amide bonds. The monoisotopic (exact) mass is 250 g/mol. The van der Waals surface area contributed by atoms with Crippen molar-refractivity contribution in [1.29, 1.82) is 0 Å². The van der Waals surface area contributed by atoms with Gasteiger partial charge in [-0.05, 0) is 24.8 Å². The van der Waals surface area contributed by atoms with Crippen molar-refractivity contribution in [3.63, 3.8) is 0 Å². The number of anilines is 1. The van der Waals surface area contributed by atoms with Crippen molar-refractivity contribution >= 4 is 5.82 Å². The van der Waals surface area contributed by atoms with Crippen molar-refractivity contribution < 1.29 is 5.11 Å². The molecule has 0 bridgehead atoms. The van der Waals surface area contributed by atoms with Crippen LogP contribution in [0.2, 0.25) is 0 Å². The summed E-state index contributed by atoms with van der Waals surface area (Å²) >= 11 is 0. The number of pyridine rings is 1. The smallest absolute Gasteiger partial charge is 0.134 e. The first-order chi connectivity index (χ1) is 8.41. The summed E-state index contributed by atoms with van der Waals surface area (Å²) in [6, 6.07) is 3.84. The van der Waals surface area contributed by atoms with Gasteiger partial charge in [0.05, 0.1) is 6.10 Å². The van der Waals surface area contributed by atoms with Crippen molar-refractivity contribution in [2.45, 2.75) is 40.7 Å². The molecule has 1 aromatic heterocycles. The summed E-state index contributed by atoms with van der Waals surface area (Å²) < 4.78 is 0.